The van der Waals surface area contributed by atoms with Crippen LogP contribution in [0.5, 0.6) is 5.75 Å². The Bertz CT molecular complexity index is 650. The first-order chi connectivity index (χ1) is 10.2. The molecule has 0 aliphatic rings. The summed E-state index contributed by atoms with van der Waals surface area (Å²) in [7, 11) is 0. The van der Waals surface area contributed by atoms with Gasteiger partial charge >= 0.3 is 0 Å². The quantitative estimate of drug-likeness (QED) is 0.677. The molecule has 0 fully saturated rings. The van der Waals surface area contributed by atoms with Gasteiger partial charge in [0.25, 0.3) is 0 Å². The lowest BCUT2D eigenvalue weighted by molar-refractivity contribution is 0.0552. The molecule has 2 rings (SSSR count). The predicted molar refractivity (Wildman–Crippen MR) is 84.5 cm³/mol. The second-order valence-electron chi connectivity index (χ2n) is 4.89. The Hall–Kier alpha value is -2.02. The van der Waals surface area contributed by atoms with E-state index in [4.69, 9.17) is 14.6 Å². The number of fused-ring (bicyclic) bond motifs is 1. The highest BCUT2D eigenvalue weighted by Gasteiger charge is 2.07. The second-order valence-corrected chi connectivity index (χ2v) is 4.89. The average Bonchev–Trinajstić information content (AvgIpc) is 2.49. The van der Waals surface area contributed by atoms with Crippen molar-refractivity contribution in [3.63, 3.8) is 0 Å². The fourth-order valence-corrected chi connectivity index (χ4v) is 2.06. The Kier molecular flexibility index (Phi) is 5.62. The minimum atomic E-state index is -0.168. The number of benzene rings is 2. The molecule has 0 radical (unpaired) electrons. The van der Waals surface area contributed by atoms with Crippen molar-refractivity contribution < 1.29 is 14.6 Å². The standard InChI is InChI=1S/C18H20O3/c1-14(2)20-12-13-21-18-10-9-15-6-3-4-7-16(15)17(18)8-5-11-19/h3-4,6-7,9-10,14,19H,11-13H2,1-2H3. The van der Waals surface area contributed by atoms with E-state index in [1.165, 1.54) is 0 Å². The first-order valence-electron chi connectivity index (χ1n) is 7.08. The van der Waals surface area contributed by atoms with Gasteiger partial charge in [-0.05, 0) is 25.3 Å². The van der Waals surface area contributed by atoms with Crippen molar-refractivity contribution >= 4 is 10.8 Å². The number of rotatable bonds is 5. The summed E-state index contributed by atoms with van der Waals surface area (Å²) in [6.07, 6.45) is 0.193. The Balaban J connectivity index is 2.25. The number of hydrogen-bond donors (Lipinski definition) is 1. The van der Waals surface area contributed by atoms with Gasteiger partial charge in [0.05, 0.1) is 18.3 Å². The molecule has 0 aliphatic carbocycles. The molecule has 3 nitrogen and oxygen atoms in total. The van der Waals surface area contributed by atoms with E-state index < -0.39 is 0 Å². The summed E-state index contributed by atoms with van der Waals surface area (Å²) in [4.78, 5) is 0. The maximum Gasteiger partial charge on any atom is 0.135 e. The number of ether oxygens (including phenoxy) is 2. The van der Waals surface area contributed by atoms with Crippen molar-refractivity contribution in [3.8, 4) is 17.6 Å². The van der Waals surface area contributed by atoms with Gasteiger partial charge < -0.3 is 14.6 Å². The van der Waals surface area contributed by atoms with Gasteiger partial charge in [0.2, 0.25) is 0 Å². The van der Waals surface area contributed by atoms with Crippen LogP contribution in [0.4, 0.5) is 0 Å². The fourth-order valence-electron chi connectivity index (χ4n) is 2.06. The van der Waals surface area contributed by atoms with Crippen LogP contribution in [0.15, 0.2) is 36.4 Å². The number of aliphatic hydroxyl groups is 1. The van der Waals surface area contributed by atoms with Crippen LogP contribution < -0.4 is 4.74 Å². The van der Waals surface area contributed by atoms with E-state index in [9.17, 15) is 0 Å². The largest absolute Gasteiger partial charge is 0.490 e. The summed E-state index contributed by atoms with van der Waals surface area (Å²) < 4.78 is 11.3. The SMILES string of the molecule is CC(C)OCCOc1ccc2ccccc2c1C#CCO. The maximum atomic E-state index is 8.93. The molecular weight excluding hydrogens is 264 g/mol. The minimum absolute atomic E-state index is 0.168. The van der Waals surface area contributed by atoms with Crippen LogP contribution in [0.25, 0.3) is 10.8 Å². The highest BCUT2D eigenvalue weighted by molar-refractivity contribution is 5.90. The van der Waals surface area contributed by atoms with Crippen molar-refractivity contribution in [2.24, 2.45) is 0 Å². The Morgan fingerprint density at radius 2 is 1.90 bits per heavy atom. The third-order valence-corrected chi connectivity index (χ3v) is 2.98. The fraction of sp³-hybridized carbons (Fsp3) is 0.333. The van der Waals surface area contributed by atoms with E-state index >= 15 is 0 Å². The molecule has 0 atom stereocenters. The van der Waals surface area contributed by atoms with E-state index in [0.29, 0.717) is 13.2 Å². The topological polar surface area (TPSA) is 38.7 Å². The van der Waals surface area contributed by atoms with Crippen molar-refractivity contribution in [2.45, 2.75) is 20.0 Å². The van der Waals surface area contributed by atoms with Gasteiger partial charge in [-0.3, -0.25) is 0 Å². The molecule has 0 saturated carbocycles. The molecule has 0 unspecified atom stereocenters. The molecule has 110 valence electrons. The van der Waals surface area contributed by atoms with Gasteiger partial charge in [0.1, 0.15) is 19.0 Å². The van der Waals surface area contributed by atoms with E-state index in [2.05, 4.69) is 11.8 Å². The van der Waals surface area contributed by atoms with Crippen molar-refractivity contribution in [1.29, 1.82) is 0 Å². The zero-order chi connectivity index (χ0) is 15.1. The Morgan fingerprint density at radius 3 is 2.67 bits per heavy atom. The van der Waals surface area contributed by atoms with E-state index in [0.717, 1.165) is 22.1 Å². The Labute approximate surface area is 125 Å². The van der Waals surface area contributed by atoms with E-state index in [1.54, 1.807) is 0 Å². The van der Waals surface area contributed by atoms with Crippen LogP contribution in [0.2, 0.25) is 0 Å². The zero-order valence-corrected chi connectivity index (χ0v) is 12.4. The lowest BCUT2D eigenvalue weighted by Crippen LogP contribution is -2.11. The van der Waals surface area contributed by atoms with Crippen LogP contribution in [0, 0.1) is 11.8 Å². The van der Waals surface area contributed by atoms with Gasteiger partial charge in [-0.25, -0.2) is 0 Å². The van der Waals surface area contributed by atoms with Crippen molar-refractivity contribution in [2.75, 3.05) is 19.8 Å². The first kappa shape index (κ1) is 15.4. The Morgan fingerprint density at radius 1 is 1.10 bits per heavy atom. The summed E-state index contributed by atoms with van der Waals surface area (Å²) >= 11 is 0. The van der Waals surface area contributed by atoms with Crippen LogP contribution in [0.3, 0.4) is 0 Å². The third kappa shape index (κ3) is 4.22. The second kappa shape index (κ2) is 7.68. The predicted octanol–water partition coefficient (Wildman–Crippen LogP) is 2.99. The van der Waals surface area contributed by atoms with Crippen LogP contribution in [-0.2, 0) is 4.74 Å². The molecule has 0 amide bonds. The molecule has 0 aromatic heterocycles. The van der Waals surface area contributed by atoms with Gasteiger partial charge in [-0.2, -0.15) is 0 Å². The highest BCUT2D eigenvalue weighted by atomic mass is 16.5. The molecule has 0 bridgehead atoms. The van der Waals surface area contributed by atoms with E-state index in [1.807, 2.05) is 50.2 Å². The highest BCUT2D eigenvalue weighted by Crippen LogP contribution is 2.27. The molecule has 0 saturated heterocycles. The summed E-state index contributed by atoms with van der Waals surface area (Å²) in [5.74, 6) is 6.41. The lowest BCUT2D eigenvalue weighted by Gasteiger charge is -2.12. The summed E-state index contributed by atoms with van der Waals surface area (Å²) in [5, 5.41) is 11.1. The minimum Gasteiger partial charge on any atom is -0.490 e. The molecule has 0 aliphatic heterocycles. The zero-order valence-electron chi connectivity index (χ0n) is 12.4. The third-order valence-electron chi connectivity index (χ3n) is 2.98. The molecular formula is C18H20O3. The summed E-state index contributed by atoms with van der Waals surface area (Å²) in [5.41, 5.74) is 0.812. The number of hydrogen-bond acceptors (Lipinski definition) is 3. The lowest BCUT2D eigenvalue weighted by atomic mass is 10.0. The molecule has 0 spiro atoms. The summed E-state index contributed by atoms with van der Waals surface area (Å²) in [6.45, 7) is 4.84. The smallest absolute Gasteiger partial charge is 0.135 e. The van der Waals surface area contributed by atoms with E-state index in [-0.39, 0.29) is 12.7 Å². The number of aliphatic hydroxyl groups excluding tert-OH is 1. The van der Waals surface area contributed by atoms with Gasteiger partial charge in [0.15, 0.2) is 0 Å². The van der Waals surface area contributed by atoms with Gasteiger partial charge in [-0.1, -0.05) is 42.2 Å². The van der Waals surface area contributed by atoms with Gasteiger partial charge in [-0.15, -0.1) is 0 Å². The molecule has 2 aromatic carbocycles. The van der Waals surface area contributed by atoms with Crippen molar-refractivity contribution in [1.82, 2.24) is 0 Å². The van der Waals surface area contributed by atoms with Crippen LogP contribution >= 0.6 is 0 Å². The van der Waals surface area contributed by atoms with Crippen molar-refractivity contribution in [3.05, 3.63) is 42.0 Å². The molecule has 2 aromatic rings. The van der Waals surface area contributed by atoms with Crippen LogP contribution in [0.1, 0.15) is 19.4 Å². The maximum absolute atomic E-state index is 8.93. The average molecular weight is 284 g/mol. The summed E-state index contributed by atoms with van der Waals surface area (Å²) in [6, 6.07) is 11.9. The molecule has 21 heavy (non-hydrogen) atoms. The normalized spacial score (nSPS) is 10.5. The van der Waals surface area contributed by atoms with Gasteiger partial charge in [0, 0.05) is 5.39 Å². The first-order valence-corrected chi connectivity index (χ1v) is 7.08. The van der Waals surface area contributed by atoms with Crippen LogP contribution in [-0.4, -0.2) is 31.0 Å². The molecule has 0 heterocycles. The monoisotopic (exact) mass is 284 g/mol. The molecule has 3 heteroatoms. The molecule has 1 N–H and O–H groups in total.